The predicted molar refractivity (Wildman–Crippen MR) is 131 cm³/mol. The van der Waals surface area contributed by atoms with Crippen LogP contribution in [0.2, 0.25) is 0 Å². The zero-order valence-electron chi connectivity index (χ0n) is 18.4. The number of nitrogens with zero attached hydrogens (tertiary/aromatic N) is 1. The number of benzene rings is 3. The summed E-state index contributed by atoms with van der Waals surface area (Å²) >= 11 is 1.58. The average Bonchev–Trinajstić information content (AvgIpc) is 3.22. The van der Waals surface area contributed by atoms with Crippen molar-refractivity contribution in [2.75, 3.05) is 29.2 Å². The maximum Gasteiger partial charge on any atom is 0.250 e. The van der Waals surface area contributed by atoms with Crippen molar-refractivity contribution in [3.8, 4) is 5.75 Å². The maximum atomic E-state index is 12.7. The quantitative estimate of drug-likeness (QED) is 0.484. The number of amides is 2. The lowest BCUT2D eigenvalue weighted by Crippen LogP contribution is -2.28. The van der Waals surface area contributed by atoms with E-state index in [-0.39, 0.29) is 23.8 Å². The molecule has 0 spiro atoms. The number of anilines is 2. The molecule has 1 fully saturated rings. The number of thioether (sulfide) groups is 1. The molecule has 0 radical (unpaired) electrons. The molecule has 4 rings (SSSR count). The third-order valence-electron chi connectivity index (χ3n) is 5.12. The molecule has 3 aromatic carbocycles. The van der Waals surface area contributed by atoms with Gasteiger partial charge in [0.25, 0.3) is 0 Å². The van der Waals surface area contributed by atoms with Gasteiger partial charge in [0, 0.05) is 5.69 Å². The van der Waals surface area contributed by atoms with Crippen LogP contribution in [0.15, 0.2) is 78.9 Å². The molecule has 6 nitrogen and oxygen atoms in total. The van der Waals surface area contributed by atoms with Gasteiger partial charge in [0.1, 0.15) is 17.7 Å². The second-order valence-corrected chi connectivity index (χ2v) is 8.54. The van der Waals surface area contributed by atoms with E-state index >= 15 is 0 Å². The Bertz CT molecular complexity index is 1090. The highest BCUT2D eigenvalue weighted by atomic mass is 32.2. The summed E-state index contributed by atoms with van der Waals surface area (Å²) in [5.74, 6) is 0.934. The summed E-state index contributed by atoms with van der Waals surface area (Å²) in [5, 5.41) is 2.70. The van der Waals surface area contributed by atoms with E-state index in [9.17, 15) is 9.59 Å². The van der Waals surface area contributed by atoms with Crippen molar-refractivity contribution in [1.82, 2.24) is 0 Å². The Morgan fingerprint density at radius 1 is 1.03 bits per heavy atom. The van der Waals surface area contributed by atoms with Gasteiger partial charge in [-0.25, -0.2) is 0 Å². The SMILES string of the molecule is CCOc1ccccc1N1C(=O)CSC1c1ccc(NC(=O)COCc2ccccc2)cc1. The van der Waals surface area contributed by atoms with Crippen molar-refractivity contribution in [3.05, 3.63) is 90.0 Å². The molecule has 0 aromatic heterocycles. The van der Waals surface area contributed by atoms with Crippen molar-refractivity contribution in [2.24, 2.45) is 0 Å². The number of ether oxygens (including phenoxy) is 2. The van der Waals surface area contributed by atoms with Crippen LogP contribution in [-0.4, -0.2) is 30.8 Å². The molecule has 3 aromatic rings. The molecule has 1 saturated heterocycles. The number of rotatable bonds is 9. The zero-order chi connectivity index (χ0) is 23.0. The molecule has 1 N–H and O–H groups in total. The summed E-state index contributed by atoms with van der Waals surface area (Å²) in [5.41, 5.74) is 3.46. The maximum absolute atomic E-state index is 12.7. The second-order valence-electron chi connectivity index (χ2n) is 7.48. The largest absolute Gasteiger partial charge is 0.492 e. The van der Waals surface area contributed by atoms with Gasteiger partial charge in [-0.05, 0) is 42.3 Å². The van der Waals surface area contributed by atoms with Crippen LogP contribution < -0.4 is 15.0 Å². The first-order valence-corrected chi connectivity index (χ1v) is 11.9. The Morgan fingerprint density at radius 3 is 2.52 bits per heavy atom. The molecule has 7 heteroatoms. The summed E-state index contributed by atoms with van der Waals surface area (Å²) in [6, 6.07) is 24.9. The van der Waals surface area contributed by atoms with Crippen molar-refractivity contribution in [2.45, 2.75) is 18.9 Å². The van der Waals surface area contributed by atoms with Gasteiger partial charge in [0.2, 0.25) is 11.8 Å². The van der Waals surface area contributed by atoms with Crippen molar-refractivity contribution in [1.29, 1.82) is 0 Å². The third-order valence-corrected chi connectivity index (χ3v) is 6.33. The minimum atomic E-state index is -0.212. The van der Waals surface area contributed by atoms with Crippen molar-refractivity contribution < 1.29 is 19.1 Å². The van der Waals surface area contributed by atoms with Gasteiger partial charge < -0.3 is 14.8 Å². The molecule has 0 bridgehead atoms. The van der Waals surface area contributed by atoms with Crippen molar-refractivity contribution >= 4 is 35.0 Å². The summed E-state index contributed by atoms with van der Waals surface area (Å²) in [7, 11) is 0. The van der Waals surface area contributed by atoms with Crippen LogP contribution in [0.4, 0.5) is 11.4 Å². The third kappa shape index (κ3) is 5.74. The van der Waals surface area contributed by atoms with Gasteiger partial charge in [-0.2, -0.15) is 0 Å². The van der Waals surface area contributed by atoms with Crippen LogP contribution in [0.1, 0.15) is 23.4 Å². The molecule has 1 aliphatic rings. The van der Waals surface area contributed by atoms with Gasteiger partial charge in [-0.3, -0.25) is 14.5 Å². The Hall–Kier alpha value is -3.29. The number of nitrogens with one attached hydrogen (secondary N) is 1. The standard InChI is InChI=1S/C26H26N2O4S/c1-2-32-23-11-7-6-10-22(23)28-25(30)18-33-26(28)20-12-14-21(15-13-20)27-24(29)17-31-16-19-8-4-3-5-9-19/h3-15,26H,2,16-18H2,1H3,(H,27,29). The van der Waals surface area contributed by atoms with Gasteiger partial charge in [-0.1, -0.05) is 54.6 Å². The van der Waals surface area contributed by atoms with E-state index in [0.717, 1.165) is 16.8 Å². The molecule has 1 heterocycles. The number of hydrogen-bond donors (Lipinski definition) is 1. The Balaban J connectivity index is 1.39. The number of carbonyl (C=O) groups excluding carboxylic acids is 2. The monoisotopic (exact) mass is 462 g/mol. The average molecular weight is 463 g/mol. The topological polar surface area (TPSA) is 67.9 Å². The number of hydrogen-bond acceptors (Lipinski definition) is 5. The Labute approximate surface area is 197 Å². The van der Waals surface area contributed by atoms with Crippen LogP contribution in [-0.2, 0) is 20.9 Å². The fraction of sp³-hybridized carbons (Fsp3) is 0.231. The highest BCUT2D eigenvalue weighted by molar-refractivity contribution is 8.00. The minimum Gasteiger partial charge on any atom is -0.492 e. The summed E-state index contributed by atoms with van der Waals surface area (Å²) in [6.45, 7) is 2.82. The van der Waals surface area contributed by atoms with Gasteiger partial charge in [0.05, 0.1) is 24.7 Å². The molecular formula is C26H26N2O4S. The molecule has 170 valence electrons. The van der Waals surface area contributed by atoms with Gasteiger partial charge in [0.15, 0.2) is 0 Å². The molecule has 1 aliphatic heterocycles. The molecule has 33 heavy (non-hydrogen) atoms. The van der Waals surface area contributed by atoms with E-state index in [2.05, 4.69) is 5.32 Å². The molecule has 2 amide bonds. The minimum absolute atomic E-state index is 0.0222. The lowest BCUT2D eigenvalue weighted by molar-refractivity contribution is -0.121. The van der Waals surface area contributed by atoms with E-state index in [1.807, 2.05) is 85.8 Å². The number of para-hydroxylation sites is 2. The number of carbonyl (C=O) groups is 2. The molecular weight excluding hydrogens is 436 g/mol. The summed E-state index contributed by atoms with van der Waals surface area (Å²) in [6.07, 6.45) is 0. The fourth-order valence-electron chi connectivity index (χ4n) is 3.63. The normalized spacial score (nSPS) is 15.5. The van der Waals surface area contributed by atoms with Crippen LogP contribution in [0.25, 0.3) is 0 Å². The van der Waals surface area contributed by atoms with E-state index in [0.29, 0.717) is 30.4 Å². The smallest absolute Gasteiger partial charge is 0.250 e. The van der Waals surface area contributed by atoms with Crippen LogP contribution >= 0.6 is 11.8 Å². The van der Waals surface area contributed by atoms with Gasteiger partial charge in [-0.15, -0.1) is 11.8 Å². The van der Waals surface area contributed by atoms with Crippen LogP contribution in [0, 0.1) is 0 Å². The first kappa shape index (κ1) is 22.9. The van der Waals surface area contributed by atoms with E-state index in [1.54, 1.807) is 16.7 Å². The zero-order valence-corrected chi connectivity index (χ0v) is 19.2. The molecule has 1 unspecified atom stereocenters. The van der Waals surface area contributed by atoms with E-state index < -0.39 is 0 Å². The first-order chi connectivity index (χ1) is 16.2. The van der Waals surface area contributed by atoms with Crippen LogP contribution in [0.3, 0.4) is 0 Å². The Morgan fingerprint density at radius 2 is 1.76 bits per heavy atom. The highest BCUT2D eigenvalue weighted by Crippen LogP contribution is 2.44. The predicted octanol–water partition coefficient (Wildman–Crippen LogP) is 5.02. The highest BCUT2D eigenvalue weighted by Gasteiger charge is 2.35. The van der Waals surface area contributed by atoms with Gasteiger partial charge >= 0.3 is 0 Å². The summed E-state index contributed by atoms with van der Waals surface area (Å²) in [4.78, 5) is 26.7. The molecule has 0 saturated carbocycles. The molecule has 0 aliphatic carbocycles. The van der Waals surface area contributed by atoms with E-state index in [4.69, 9.17) is 9.47 Å². The lowest BCUT2D eigenvalue weighted by Gasteiger charge is -2.26. The van der Waals surface area contributed by atoms with Crippen molar-refractivity contribution in [3.63, 3.8) is 0 Å². The molecule has 1 atom stereocenters. The van der Waals surface area contributed by atoms with Crippen LogP contribution in [0.5, 0.6) is 5.75 Å². The summed E-state index contributed by atoms with van der Waals surface area (Å²) < 4.78 is 11.2. The lowest BCUT2D eigenvalue weighted by atomic mass is 10.1. The first-order valence-electron chi connectivity index (χ1n) is 10.8. The Kier molecular flexibility index (Phi) is 7.65. The van der Waals surface area contributed by atoms with E-state index in [1.165, 1.54) is 0 Å². The second kappa shape index (κ2) is 11.0. The fourth-order valence-corrected chi connectivity index (χ4v) is 4.80.